The Balaban J connectivity index is 2.24. The third-order valence-electron chi connectivity index (χ3n) is 4.41. The Morgan fingerprint density at radius 2 is 1.71 bits per heavy atom. The van der Waals surface area contributed by atoms with Crippen molar-refractivity contribution in [1.82, 2.24) is 5.32 Å². The first-order chi connectivity index (χ1) is 13.2. The fourth-order valence-corrected chi connectivity index (χ4v) is 4.25. The quantitative estimate of drug-likeness (QED) is 0.699. The number of hydrogen-bond acceptors (Lipinski definition) is 4. The van der Waals surface area contributed by atoms with Crippen LogP contribution in [0.15, 0.2) is 48.5 Å². The van der Waals surface area contributed by atoms with Gasteiger partial charge in [0.15, 0.2) is 0 Å². The molecule has 0 radical (unpaired) electrons. The molecule has 2 atom stereocenters. The van der Waals surface area contributed by atoms with E-state index in [2.05, 4.69) is 5.32 Å². The van der Waals surface area contributed by atoms with E-state index in [9.17, 15) is 13.2 Å². The molecule has 0 bridgehead atoms. The molecule has 6 nitrogen and oxygen atoms in total. The summed E-state index contributed by atoms with van der Waals surface area (Å²) in [4.78, 5) is 12.9. The van der Waals surface area contributed by atoms with Crippen molar-refractivity contribution in [1.29, 1.82) is 0 Å². The summed E-state index contributed by atoms with van der Waals surface area (Å²) in [5.74, 6) is 0.340. The third-order valence-corrected chi connectivity index (χ3v) is 5.91. The number of methoxy groups -OCH3 is 1. The van der Waals surface area contributed by atoms with Crippen molar-refractivity contribution in [3.05, 3.63) is 59.1 Å². The Kier molecular flexibility index (Phi) is 7.32. The topological polar surface area (TPSA) is 75.7 Å². The van der Waals surface area contributed by atoms with Gasteiger partial charge in [-0.3, -0.25) is 9.10 Å². The smallest absolute Gasteiger partial charge is 0.244 e. The number of nitrogens with zero attached hydrogens (tertiary/aromatic N) is 1. The van der Waals surface area contributed by atoms with E-state index in [0.717, 1.165) is 21.9 Å². The van der Waals surface area contributed by atoms with E-state index in [1.165, 1.54) is 0 Å². The van der Waals surface area contributed by atoms with Crippen LogP contribution >= 0.6 is 11.6 Å². The van der Waals surface area contributed by atoms with E-state index in [-0.39, 0.29) is 11.9 Å². The first-order valence-corrected chi connectivity index (χ1v) is 11.1. The van der Waals surface area contributed by atoms with Crippen LogP contribution in [-0.2, 0) is 14.8 Å². The van der Waals surface area contributed by atoms with Crippen molar-refractivity contribution in [3.8, 4) is 5.75 Å². The number of carbonyl (C=O) groups excluding carboxylic acids is 1. The molecule has 0 heterocycles. The highest BCUT2D eigenvalue weighted by molar-refractivity contribution is 7.92. The summed E-state index contributed by atoms with van der Waals surface area (Å²) in [5, 5.41) is 3.43. The zero-order valence-electron chi connectivity index (χ0n) is 16.3. The maximum Gasteiger partial charge on any atom is 0.244 e. The number of rotatable bonds is 8. The Morgan fingerprint density at radius 1 is 1.14 bits per heavy atom. The van der Waals surface area contributed by atoms with Crippen molar-refractivity contribution in [2.24, 2.45) is 0 Å². The van der Waals surface area contributed by atoms with E-state index in [1.54, 1.807) is 38.3 Å². The highest BCUT2D eigenvalue weighted by Gasteiger charge is 2.30. The fraction of sp³-hybridized carbons (Fsp3) is 0.350. The van der Waals surface area contributed by atoms with Gasteiger partial charge >= 0.3 is 0 Å². The Morgan fingerprint density at radius 3 is 2.18 bits per heavy atom. The largest absolute Gasteiger partial charge is 0.497 e. The highest BCUT2D eigenvalue weighted by atomic mass is 35.5. The van der Waals surface area contributed by atoms with Crippen LogP contribution in [0.3, 0.4) is 0 Å². The summed E-state index contributed by atoms with van der Waals surface area (Å²) in [5.41, 5.74) is 1.30. The number of benzene rings is 2. The number of carbonyl (C=O) groups is 1. The van der Waals surface area contributed by atoms with Crippen molar-refractivity contribution >= 4 is 33.2 Å². The van der Waals surface area contributed by atoms with Gasteiger partial charge < -0.3 is 10.1 Å². The summed E-state index contributed by atoms with van der Waals surface area (Å²) < 4.78 is 31.0. The molecule has 0 aliphatic heterocycles. The number of sulfonamides is 1. The molecule has 0 unspecified atom stereocenters. The SMILES string of the molecule is CC[C@@H](NC(=O)[C@H](C)N(c1ccc(Cl)cc1)S(C)(=O)=O)c1ccc(OC)cc1. The molecule has 152 valence electrons. The maximum atomic E-state index is 12.9. The van der Waals surface area contributed by atoms with E-state index < -0.39 is 16.1 Å². The minimum atomic E-state index is -3.68. The molecular weight excluding hydrogens is 400 g/mol. The lowest BCUT2D eigenvalue weighted by Gasteiger charge is -2.29. The molecule has 2 rings (SSSR count). The number of nitrogens with one attached hydrogen (secondary N) is 1. The number of halogens is 1. The number of ether oxygens (including phenoxy) is 1. The Bertz CT molecular complexity index is 899. The molecular formula is C20H25ClN2O4S. The third kappa shape index (κ3) is 5.39. The van der Waals surface area contributed by atoms with Gasteiger partial charge in [0.1, 0.15) is 11.8 Å². The molecule has 0 aliphatic carbocycles. The fourth-order valence-electron chi connectivity index (χ4n) is 2.95. The van der Waals surface area contributed by atoms with Crippen LogP contribution < -0.4 is 14.4 Å². The van der Waals surface area contributed by atoms with Gasteiger partial charge in [-0.25, -0.2) is 8.42 Å². The molecule has 0 aromatic heterocycles. The average molecular weight is 425 g/mol. The van der Waals surface area contributed by atoms with Gasteiger partial charge in [0.05, 0.1) is 25.1 Å². The van der Waals surface area contributed by atoms with Crippen LogP contribution in [-0.4, -0.2) is 33.7 Å². The molecule has 28 heavy (non-hydrogen) atoms. The van der Waals surface area contributed by atoms with Crippen molar-refractivity contribution in [2.45, 2.75) is 32.4 Å². The predicted octanol–water partition coefficient (Wildman–Crippen LogP) is 3.77. The summed E-state index contributed by atoms with van der Waals surface area (Å²) >= 11 is 5.89. The van der Waals surface area contributed by atoms with Gasteiger partial charge in [-0.1, -0.05) is 30.7 Å². The molecule has 1 N–H and O–H groups in total. The predicted molar refractivity (Wildman–Crippen MR) is 112 cm³/mol. The summed E-state index contributed by atoms with van der Waals surface area (Å²) in [6.07, 6.45) is 1.73. The van der Waals surface area contributed by atoms with Crippen molar-refractivity contribution < 1.29 is 17.9 Å². The lowest BCUT2D eigenvalue weighted by Crippen LogP contribution is -2.48. The molecule has 0 saturated carbocycles. The lowest BCUT2D eigenvalue weighted by atomic mass is 10.0. The molecule has 0 aliphatic rings. The van der Waals surface area contributed by atoms with Crippen molar-refractivity contribution in [3.63, 3.8) is 0 Å². The Hall–Kier alpha value is -2.25. The highest BCUT2D eigenvalue weighted by Crippen LogP contribution is 2.24. The van der Waals surface area contributed by atoms with Crippen LogP contribution in [0.4, 0.5) is 5.69 Å². The second kappa shape index (κ2) is 9.30. The molecule has 8 heteroatoms. The molecule has 0 saturated heterocycles. The van der Waals surface area contributed by atoms with Crippen molar-refractivity contribution in [2.75, 3.05) is 17.7 Å². The number of anilines is 1. The molecule has 2 aromatic rings. The minimum Gasteiger partial charge on any atom is -0.497 e. The molecule has 0 spiro atoms. The first-order valence-electron chi connectivity index (χ1n) is 8.86. The summed E-state index contributed by atoms with van der Waals surface area (Å²) in [7, 11) is -2.09. The second-order valence-corrected chi connectivity index (χ2v) is 8.75. The van der Waals surface area contributed by atoms with Crippen LogP contribution in [0.2, 0.25) is 5.02 Å². The Labute approximate surface area is 171 Å². The van der Waals surface area contributed by atoms with Crippen LogP contribution in [0.25, 0.3) is 0 Å². The van der Waals surface area contributed by atoms with Gasteiger partial charge in [-0.2, -0.15) is 0 Å². The summed E-state index contributed by atoms with van der Waals surface area (Å²) in [6.45, 7) is 3.51. The van der Waals surface area contributed by atoms with Gasteiger partial charge in [0.2, 0.25) is 15.9 Å². The van der Waals surface area contributed by atoms with Crippen LogP contribution in [0, 0.1) is 0 Å². The normalized spacial score (nSPS) is 13.5. The second-order valence-electron chi connectivity index (χ2n) is 6.45. The maximum absolute atomic E-state index is 12.9. The number of amides is 1. The number of hydrogen-bond donors (Lipinski definition) is 1. The van der Waals surface area contributed by atoms with Gasteiger partial charge in [-0.15, -0.1) is 0 Å². The zero-order chi connectivity index (χ0) is 20.9. The van der Waals surface area contributed by atoms with Gasteiger partial charge in [0.25, 0.3) is 0 Å². The molecule has 2 aromatic carbocycles. The summed E-state index contributed by atoms with van der Waals surface area (Å²) in [6, 6.07) is 12.6. The van der Waals surface area contributed by atoms with Gasteiger partial charge in [-0.05, 0) is 55.3 Å². The zero-order valence-corrected chi connectivity index (χ0v) is 17.9. The van der Waals surface area contributed by atoms with Gasteiger partial charge in [0, 0.05) is 5.02 Å². The van der Waals surface area contributed by atoms with Crippen LogP contribution in [0.1, 0.15) is 31.9 Å². The van der Waals surface area contributed by atoms with E-state index >= 15 is 0 Å². The lowest BCUT2D eigenvalue weighted by molar-refractivity contribution is -0.122. The van der Waals surface area contributed by atoms with E-state index in [0.29, 0.717) is 17.1 Å². The minimum absolute atomic E-state index is 0.243. The van der Waals surface area contributed by atoms with Crippen LogP contribution in [0.5, 0.6) is 5.75 Å². The van der Waals surface area contributed by atoms with E-state index in [1.807, 2.05) is 31.2 Å². The molecule has 0 fully saturated rings. The average Bonchev–Trinajstić information content (AvgIpc) is 2.66. The molecule has 1 amide bonds. The standard InChI is InChI=1S/C20H25ClN2O4S/c1-5-19(15-6-12-18(27-3)13-7-15)22-20(24)14(2)23(28(4,25)26)17-10-8-16(21)9-11-17/h6-14,19H,5H2,1-4H3,(H,22,24)/t14-,19+/m0/s1. The monoisotopic (exact) mass is 424 g/mol. The first kappa shape index (κ1) is 22.0. The van der Waals surface area contributed by atoms with E-state index in [4.69, 9.17) is 16.3 Å².